The second kappa shape index (κ2) is 7.57. The maximum atomic E-state index is 12.9. The zero-order valence-corrected chi connectivity index (χ0v) is 15.6. The predicted octanol–water partition coefficient (Wildman–Crippen LogP) is 2.68. The number of aryl methyl sites for hydroxylation is 1. The lowest BCUT2D eigenvalue weighted by atomic mass is 10.1. The summed E-state index contributed by atoms with van der Waals surface area (Å²) in [6, 6.07) is 8.79. The first-order valence-electron chi connectivity index (χ1n) is 7.61. The van der Waals surface area contributed by atoms with Gasteiger partial charge in [0.15, 0.2) is 0 Å². The molecule has 0 aromatic heterocycles. The molecular weight excluding hydrogens is 358 g/mol. The monoisotopic (exact) mass is 377 g/mol. The van der Waals surface area contributed by atoms with Crippen LogP contribution in [-0.2, 0) is 19.5 Å². The molecule has 0 saturated carbocycles. The highest BCUT2D eigenvalue weighted by Crippen LogP contribution is 2.25. The van der Waals surface area contributed by atoms with Gasteiger partial charge in [-0.2, -0.15) is 0 Å². The van der Waals surface area contributed by atoms with Crippen molar-refractivity contribution in [1.29, 1.82) is 0 Å². The molecule has 0 spiro atoms. The Hall–Kier alpha value is -2.87. The number of rotatable bonds is 5. The minimum Gasteiger partial charge on any atom is -0.465 e. The first kappa shape index (κ1) is 19.5. The van der Waals surface area contributed by atoms with Crippen molar-refractivity contribution in [3.05, 3.63) is 58.7 Å². The lowest BCUT2D eigenvalue weighted by molar-refractivity contribution is 0.0583. The zero-order chi connectivity index (χ0) is 19.5. The van der Waals surface area contributed by atoms with Crippen molar-refractivity contribution in [2.24, 2.45) is 0 Å². The Morgan fingerprint density at radius 1 is 0.962 bits per heavy atom. The van der Waals surface area contributed by atoms with E-state index >= 15 is 0 Å². The maximum absolute atomic E-state index is 12.9. The minimum atomic E-state index is -4.16. The molecule has 0 unspecified atom stereocenters. The molecule has 0 amide bonds. The van der Waals surface area contributed by atoms with Crippen LogP contribution in [0.25, 0.3) is 0 Å². The van der Waals surface area contributed by atoms with Crippen LogP contribution in [0.2, 0.25) is 0 Å². The topological polar surface area (TPSA) is 98.8 Å². The lowest BCUT2D eigenvalue weighted by Gasteiger charge is -2.15. The molecule has 0 aliphatic rings. The summed E-state index contributed by atoms with van der Waals surface area (Å²) in [5, 5.41) is 0. The van der Waals surface area contributed by atoms with Crippen molar-refractivity contribution in [2.45, 2.75) is 18.7 Å². The Kier molecular flexibility index (Phi) is 5.66. The summed E-state index contributed by atoms with van der Waals surface area (Å²) in [4.78, 5) is 23.4. The summed E-state index contributed by atoms with van der Waals surface area (Å²) >= 11 is 0. The number of ether oxygens (including phenoxy) is 2. The largest absolute Gasteiger partial charge is 0.465 e. The van der Waals surface area contributed by atoms with Gasteiger partial charge in [-0.3, -0.25) is 4.72 Å². The van der Waals surface area contributed by atoms with Gasteiger partial charge >= 0.3 is 11.9 Å². The van der Waals surface area contributed by atoms with Crippen molar-refractivity contribution in [3.63, 3.8) is 0 Å². The van der Waals surface area contributed by atoms with Crippen molar-refractivity contribution in [2.75, 3.05) is 18.9 Å². The number of carbonyl (C=O) groups is 2. The van der Waals surface area contributed by atoms with E-state index in [-0.39, 0.29) is 16.0 Å². The van der Waals surface area contributed by atoms with E-state index < -0.39 is 22.0 Å². The number of benzene rings is 2. The average Bonchev–Trinajstić information content (AvgIpc) is 2.63. The molecule has 0 aliphatic heterocycles. The fourth-order valence-electron chi connectivity index (χ4n) is 2.33. The van der Waals surface area contributed by atoms with Crippen LogP contribution >= 0.6 is 0 Å². The standard InChI is InChI=1S/C18H19NO6S/c1-11-6-5-7-15(12(11)2)19-26(22,23)16-10-13(17(20)24-3)8-9-14(16)18(21)25-4/h5-10,19H,1-4H3. The molecule has 2 rings (SSSR count). The Bertz CT molecular complexity index is 966. The molecule has 0 aliphatic carbocycles. The second-order valence-corrected chi connectivity index (χ2v) is 7.20. The zero-order valence-electron chi connectivity index (χ0n) is 14.8. The molecule has 1 N–H and O–H groups in total. The molecule has 0 fully saturated rings. The summed E-state index contributed by atoms with van der Waals surface area (Å²) in [7, 11) is -1.84. The van der Waals surface area contributed by atoms with Crippen molar-refractivity contribution in [1.82, 2.24) is 0 Å². The third-order valence-electron chi connectivity index (χ3n) is 3.95. The van der Waals surface area contributed by atoms with Gasteiger partial charge in [0.2, 0.25) is 0 Å². The number of hydrogen-bond donors (Lipinski definition) is 1. The maximum Gasteiger partial charge on any atom is 0.339 e. The van der Waals surface area contributed by atoms with E-state index in [0.29, 0.717) is 5.69 Å². The van der Waals surface area contributed by atoms with Gasteiger partial charge in [0.1, 0.15) is 4.90 Å². The van der Waals surface area contributed by atoms with Gasteiger partial charge in [0.05, 0.1) is 31.0 Å². The highest BCUT2D eigenvalue weighted by atomic mass is 32.2. The second-order valence-electron chi connectivity index (χ2n) is 5.55. The van der Waals surface area contributed by atoms with Crippen LogP contribution in [0.1, 0.15) is 31.8 Å². The third-order valence-corrected chi connectivity index (χ3v) is 5.35. The van der Waals surface area contributed by atoms with Crippen molar-refractivity contribution in [3.8, 4) is 0 Å². The van der Waals surface area contributed by atoms with Gasteiger partial charge < -0.3 is 9.47 Å². The van der Waals surface area contributed by atoms with Gasteiger partial charge in [-0.25, -0.2) is 18.0 Å². The van der Waals surface area contributed by atoms with Crippen LogP contribution < -0.4 is 4.72 Å². The Balaban J connectivity index is 2.60. The van der Waals surface area contributed by atoms with E-state index in [2.05, 4.69) is 14.2 Å². The summed E-state index contributed by atoms with van der Waals surface area (Å²) in [5.74, 6) is -1.55. The average molecular weight is 377 g/mol. The predicted molar refractivity (Wildman–Crippen MR) is 95.8 cm³/mol. The van der Waals surface area contributed by atoms with E-state index in [0.717, 1.165) is 24.3 Å². The minimum absolute atomic E-state index is 0.00138. The first-order chi connectivity index (χ1) is 12.2. The Morgan fingerprint density at radius 3 is 2.23 bits per heavy atom. The number of hydrogen-bond acceptors (Lipinski definition) is 6. The number of nitrogens with one attached hydrogen (secondary N) is 1. The fourth-order valence-corrected chi connectivity index (χ4v) is 3.67. The number of esters is 2. The van der Waals surface area contributed by atoms with Crippen LogP contribution in [0.15, 0.2) is 41.3 Å². The number of anilines is 1. The number of methoxy groups -OCH3 is 2. The van der Waals surface area contributed by atoms with Crippen LogP contribution in [-0.4, -0.2) is 34.6 Å². The third kappa shape index (κ3) is 3.85. The fraction of sp³-hybridized carbons (Fsp3) is 0.222. The van der Waals surface area contributed by atoms with Gasteiger partial charge in [-0.15, -0.1) is 0 Å². The Morgan fingerprint density at radius 2 is 1.62 bits per heavy atom. The summed E-state index contributed by atoms with van der Waals surface area (Å²) in [6.45, 7) is 3.63. The van der Waals surface area contributed by atoms with E-state index in [1.807, 2.05) is 13.0 Å². The molecule has 0 atom stereocenters. The molecule has 2 aromatic carbocycles. The summed E-state index contributed by atoms with van der Waals surface area (Å²) in [6.07, 6.45) is 0. The van der Waals surface area contributed by atoms with Crippen LogP contribution in [0.3, 0.4) is 0 Å². The normalized spacial score (nSPS) is 10.9. The SMILES string of the molecule is COC(=O)c1ccc(C(=O)OC)c(S(=O)(=O)Nc2cccc(C)c2C)c1. The number of sulfonamides is 1. The quantitative estimate of drug-likeness (QED) is 0.805. The van der Waals surface area contributed by atoms with Crippen molar-refractivity contribution < 1.29 is 27.5 Å². The van der Waals surface area contributed by atoms with E-state index in [1.165, 1.54) is 19.2 Å². The van der Waals surface area contributed by atoms with Gasteiger partial charge in [0, 0.05) is 0 Å². The molecule has 0 heterocycles. The first-order valence-corrected chi connectivity index (χ1v) is 9.09. The highest BCUT2D eigenvalue weighted by Gasteiger charge is 2.25. The molecule has 0 radical (unpaired) electrons. The molecule has 0 saturated heterocycles. The molecule has 8 heteroatoms. The number of carbonyl (C=O) groups excluding carboxylic acids is 2. The molecule has 26 heavy (non-hydrogen) atoms. The van der Waals surface area contributed by atoms with Crippen LogP contribution in [0, 0.1) is 13.8 Å². The molecule has 138 valence electrons. The Labute approximate surface area is 152 Å². The van der Waals surface area contributed by atoms with E-state index in [1.54, 1.807) is 19.1 Å². The lowest BCUT2D eigenvalue weighted by Crippen LogP contribution is -2.19. The summed E-state index contributed by atoms with van der Waals surface area (Å²) < 4.78 is 37.5. The van der Waals surface area contributed by atoms with Gasteiger partial charge in [0.25, 0.3) is 10.0 Å². The van der Waals surface area contributed by atoms with Crippen LogP contribution in [0.4, 0.5) is 5.69 Å². The van der Waals surface area contributed by atoms with Gasteiger partial charge in [-0.05, 0) is 49.2 Å². The molecule has 2 aromatic rings. The summed E-state index contributed by atoms with van der Waals surface area (Å²) in [5.41, 5.74) is 1.85. The molecule has 7 nitrogen and oxygen atoms in total. The van der Waals surface area contributed by atoms with E-state index in [9.17, 15) is 18.0 Å². The molecule has 0 bridgehead atoms. The van der Waals surface area contributed by atoms with Crippen molar-refractivity contribution >= 4 is 27.6 Å². The highest BCUT2D eigenvalue weighted by molar-refractivity contribution is 7.92. The van der Waals surface area contributed by atoms with E-state index in [4.69, 9.17) is 0 Å². The molecular formula is C18H19NO6S. The van der Waals surface area contributed by atoms with Gasteiger partial charge in [-0.1, -0.05) is 12.1 Å². The van der Waals surface area contributed by atoms with Crippen LogP contribution in [0.5, 0.6) is 0 Å². The smallest absolute Gasteiger partial charge is 0.339 e.